The number of fused-ring (bicyclic) bond motifs is 1. The summed E-state index contributed by atoms with van der Waals surface area (Å²) in [5.41, 5.74) is 0.905. The predicted octanol–water partition coefficient (Wildman–Crippen LogP) is 2.71. The number of rotatable bonds is 7. The third-order valence-electron chi connectivity index (χ3n) is 4.90. The summed E-state index contributed by atoms with van der Waals surface area (Å²) in [6.45, 7) is 7.74. The Morgan fingerprint density at radius 3 is 2.33 bits per heavy atom. The van der Waals surface area contributed by atoms with Crippen molar-refractivity contribution in [1.82, 2.24) is 20.5 Å². The minimum Gasteiger partial charge on any atom is -0.443 e. The number of hydrogen-bond donors (Lipinski definition) is 2. The van der Waals surface area contributed by atoms with Gasteiger partial charge in [-0.05, 0) is 25.0 Å². The molecule has 0 saturated carbocycles. The van der Waals surface area contributed by atoms with Crippen molar-refractivity contribution in [3.8, 4) is 0 Å². The van der Waals surface area contributed by atoms with Gasteiger partial charge in [0.05, 0.1) is 23.9 Å². The Morgan fingerprint density at radius 2 is 1.77 bits per heavy atom. The minimum atomic E-state index is -0.207. The number of aliphatic imine (C=N–C) groups is 1. The molecule has 0 fully saturated rings. The van der Waals surface area contributed by atoms with Gasteiger partial charge in [-0.2, -0.15) is 0 Å². The molecule has 2 heterocycles. The van der Waals surface area contributed by atoms with E-state index in [4.69, 9.17) is 4.42 Å². The summed E-state index contributed by atoms with van der Waals surface area (Å²) in [6, 6.07) is 6.95. The highest BCUT2D eigenvalue weighted by Gasteiger charge is 2.34. The fourth-order valence-corrected chi connectivity index (χ4v) is 3.16. The molecular formula is C22H29N5O3. The largest absolute Gasteiger partial charge is 0.443 e. The highest BCUT2D eigenvalue weighted by atomic mass is 16.4. The number of carbonyl (C=O) groups is 2. The first-order chi connectivity index (χ1) is 14.3. The molecule has 30 heavy (non-hydrogen) atoms. The third-order valence-corrected chi connectivity index (χ3v) is 4.90. The number of nitrogens with zero attached hydrogens (tertiary/aromatic N) is 3. The zero-order valence-corrected chi connectivity index (χ0v) is 18.0. The number of guanidine groups is 1. The Hall–Kier alpha value is -3.16. The molecule has 0 radical (unpaired) electrons. The molecule has 0 saturated heterocycles. The monoisotopic (exact) mass is 411 g/mol. The van der Waals surface area contributed by atoms with Gasteiger partial charge in [0, 0.05) is 25.6 Å². The van der Waals surface area contributed by atoms with Crippen LogP contribution < -0.4 is 10.6 Å². The molecule has 2 N–H and O–H groups in total. The summed E-state index contributed by atoms with van der Waals surface area (Å²) in [5.74, 6) is 1.68. The predicted molar refractivity (Wildman–Crippen MR) is 114 cm³/mol. The van der Waals surface area contributed by atoms with Gasteiger partial charge in [0.1, 0.15) is 5.76 Å². The van der Waals surface area contributed by atoms with E-state index in [0.29, 0.717) is 49.0 Å². The molecule has 1 aromatic carbocycles. The quantitative estimate of drug-likeness (QED) is 0.315. The summed E-state index contributed by atoms with van der Waals surface area (Å²) in [7, 11) is 1.70. The number of amides is 2. The summed E-state index contributed by atoms with van der Waals surface area (Å²) in [6.07, 6.45) is 3.26. The van der Waals surface area contributed by atoms with E-state index < -0.39 is 0 Å². The molecule has 3 rings (SSSR count). The zero-order valence-electron chi connectivity index (χ0n) is 18.0. The summed E-state index contributed by atoms with van der Waals surface area (Å²) < 4.78 is 5.76. The van der Waals surface area contributed by atoms with Crippen LogP contribution in [0.2, 0.25) is 0 Å². The summed E-state index contributed by atoms with van der Waals surface area (Å²) >= 11 is 0. The normalized spacial score (nSPS) is 14.3. The second-order valence-corrected chi connectivity index (χ2v) is 8.24. The van der Waals surface area contributed by atoms with Crippen LogP contribution in [0.25, 0.3) is 0 Å². The van der Waals surface area contributed by atoms with E-state index in [2.05, 4.69) is 41.4 Å². The first-order valence-corrected chi connectivity index (χ1v) is 10.2. The second kappa shape index (κ2) is 9.11. The molecule has 8 nitrogen and oxygen atoms in total. The van der Waals surface area contributed by atoms with Crippen LogP contribution in [0.1, 0.15) is 66.0 Å². The molecule has 0 aliphatic carbocycles. The van der Waals surface area contributed by atoms with Gasteiger partial charge >= 0.3 is 0 Å². The fourth-order valence-electron chi connectivity index (χ4n) is 3.16. The number of nitrogens with one attached hydrogen (secondary N) is 2. The highest BCUT2D eigenvalue weighted by molar-refractivity contribution is 6.21. The van der Waals surface area contributed by atoms with Crippen LogP contribution in [0, 0.1) is 0 Å². The topological polar surface area (TPSA) is 99.8 Å². The molecular weight excluding hydrogens is 382 g/mol. The standard InChI is InChI=1S/C22H29N5O3/c1-22(2,3)17-13-25-18(30-17)14-26-21(23-4)24-11-7-8-12-27-19(28)15-9-5-6-10-16(15)20(27)29/h5-6,9-10,13H,7-8,11-12,14H2,1-4H3,(H2,23,24,26). The number of oxazole rings is 1. The van der Waals surface area contributed by atoms with Gasteiger partial charge in [-0.1, -0.05) is 32.9 Å². The molecule has 160 valence electrons. The number of imide groups is 1. The van der Waals surface area contributed by atoms with Crippen LogP contribution in [0.4, 0.5) is 0 Å². The molecule has 1 aliphatic rings. The lowest BCUT2D eigenvalue weighted by molar-refractivity contribution is 0.0652. The van der Waals surface area contributed by atoms with E-state index >= 15 is 0 Å². The van der Waals surface area contributed by atoms with E-state index in [1.807, 2.05) is 0 Å². The lowest BCUT2D eigenvalue weighted by atomic mass is 9.94. The van der Waals surface area contributed by atoms with Crippen molar-refractivity contribution in [3.05, 3.63) is 53.2 Å². The summed E-state index contributed by atoms with van der Waals surface area (Å²) in [5, 5.41) is 6.40. The molecule has 0 spiro atoms. The van der Waals surface area contributed by atoms with Crippen LogP contribution in [0.5, 0.6) is 0 Å². The smallest absolute Gasteiger partial charge is 0.261 e. The van der Waals surface area contributed by atoms with E-state index in [9.17, 15) is 9.59 Å². The van der Waals surface area contributed by atoms with Gasteiger partial charge in [-0.25, -0.2) is 4.98 Å². The zero-order chi connectivity index (χ0) is 21.7. The van der Waals surface area contributed by atoms with Crippen molar-refractivity contribution >= 4 is 17.8 Å². The first-order valence-electron chi connectivity index (χ1n) is 10.2. The van der Waals surface area contributed by atoms with E-state index in [1.165, 1.54) is 4.90 Å². The van der Waals surface area contributed by atoms with Crippen molar-refractivity contribution in [3.63, 3.8) is 0 Å². The van der Waals surface area contributed by atoms with Crippen LogP contribution in [0.15, 0.2) is 39.9 Å². The Labute approximate surface area is 176 Å². The number of unbranched alkanes of at least 4 members (excludes halogenated alkanes) is 1. The van der Waals surface area contributed by atoms with Gasteiger partial charge in [0.25, 0.3) is 11.8 Å². The van der Waals surface area contributed by atoms with Crippen molar-refractivity contribution in [1.29, 1.82) is 0 Å². The van der Waals surface area contributed by atoms with Crippen molar-refractivity contribution in [2.45, 2.75) is 45.6 Å². The van der Waals surface area contributed by atoms with Gasteiger partial charge in [0.15, 0.2) is 5.96 Å². The van der Waals surface area contributed by atoms with Crippen LogP contribution >= 0.6 is 0 Å². The maximum absolute atomic E-state index is 12.4. The maximum atomic E-state index is 12.4. The molecule has 1 aliphatic heterocycles. The van der Waals surface area contributed by atoms with Crippen LogP contribution in [-0.4, -0.2) is 47.8 Å². The molecule has 1 aromatic heterocycles. The van der Waals surface area contributed by atoms with Gasteiger partial charge in [-0.3, -0.25) is 19.5 Å². The van der Waals surface area contributed by atoms with Crippen molar-refractivity contribution < 1.29 is 14.0 Å². The number of hydrogen-bond acceptors (Lipinski definition) is 5. The molecule has 0 unspecified atom stereocenters. The molecule has 2 amide bonds. The minimum absolute atomic E-state index is 0.0787. The fraction of sp³-hybridized carbons (Fsp3) is 0.455. The highest BCUT2D eigenvalue weighted by Crippen LogP contribution is 2.23. The van der Waals surface area contributed by atoms with Gasteiger partial charge in [-0.15, -0.1) is 0 Å². The Kier molecular flexibility index (Phi) is 6.54. The number of benzene rings is 1. The second-order valence-electron chi connectivity index (χ2n) is 8.24. The average Bonchev–Trinajstić information content (AvgIpc) is 3.29. The van der Waals surface area contributed by atoms with E-state index in [-0.39, 0.29) is 17.2 Å². The summed E-state index contributed by atoms with van der Waals surface area (Å²) in [4.78, 5) is 34.5. The Bertz CT molecular complexity index is 907. The number of carbonyl (C=O) groups excluding carboxylic acids is 2. The molecule has 0 atom stereocenters. The van der Waals surface area contributed by atoms with Crippen LogP contribution in [-0.2, 0) is 12.0 Å². The van der Waals surface area contributed by atoms with Crippen molar-refractivity contribution in [2.24, 2.45) is 4.99 Å². The van der Waals surface area contributed by atoms with E-state index in [1.54, 1.807) is 37.5 Å². The Morgan fingerprint density at radius 1 is 1.10 bits per heavy atom. The van der Waals surface area contributed by atoms with Gasteiger partial charge < -0.3 is 15.1 Å². The maximum Gasteiger partial charge on any atom is 0.261 e. The average molecular weight is 412 g/mol. The lowest BCUT2D eigenvalue weighted by Gasteiger charge is -2.15. The van der Waals surface area contributed by atoms with Crippen LogP contribution in [0.3, 0.4) is 0 Å². The SMILES string of the molecule is CN=C(NCCCCN1C(=O)c2ccccc2C1=O)NCc1ncc(C(C)(C)C)o1. The Balaban J connectivity index is 1.38. The molecule has 8 heteroatoms. The van der Waals surface area contributed by atoms with Gasteiger partial charge in [0.2, 0.25) is 5.89 Å². The lowest BCUT2D eigenvalue weighted by Crippen LogP contribution is -2.37. The third kappa shape index (κ3) is 4.87. The number of aromatic nitrogens is 1. The van der Waals surface area contributed by atoms with Crippen molar-refractivity contribution in [2.75, 3.05) is 20.1 Å². The molecule has 2 aromatic rings. The first kappa shape index (κ1) is 21.5. The van der Waals surface area contributed by atoms with E-state index in [0.717, 1.165) is 12.2 Å². The molecule has 0 bridgehead atoms.